The number of hydrogen-bond acceptors (Lipinski definition) is 8. The van der Waals surface area contributed by atoms with Crippen LogP contribution in [0.5, 0.6) is 5.75 Å². The molecule has 2 aromatic carbocycles. The maximum absolute atomic E-state index is 13.0. The zero-order valence-corrected chi connectivity index (χ0v) is 31.3. The molecule has 0 unspecified atom stereocenters. The quantitative estimate of drug-likeness (QED) is 0.0817. The van der Waals surface area contributed by atoms with Gasteiger partial charge in [-0.1, -0.05) is 127 Å². The van der Waals surface area contributed by atoms with Gasteiger partial charge in [-0.25, -0.2) is 0 Å². The van der Waals surface area contributed by atoms with Crippen molar-refractivity contribution in [1.82, 2.24) is 0 Å². The molecule has 0 aromatic heterocycles. The molecule has 0 spiro atoms. The minimum atomic E-state index is -1.39. The first kappa shape index (κ1) is 41.8. The predicted molar refractivity (Wildman–Crippen MR) is 198 cm³/mol. The molecule has 1 aliphatic rings. The topological polar surface area (TPSA) is 112 Å². The number of carbonyl (C=O) groups is 2. The Labute approximate surface area is 305 Å². The summed E-state index contributed by atoms with van der Waals surface area (Å²) in [6, 6.07) is 13.2. The molecular weight excluding hydrogens is 656 g/mol. The van der Waals surface area contributed by atoms with Gasteiger partial charge in [-0.3, -0.25) is 9.59 Å². The maximum Gasteiger partial charge on any atom is 0.306 e. The van der Waals surface area contributed by atoms with Crippen LogP contribution in [0.3, 0.4) is 0 Å². The number of carbonyl (C=O) groups excluding carboxylic acids is 2. The van der Waals surface area contributed by atoms with Gasteiger partial charge in [0, 0.05) is 17.9 Å². The van der Waals surface area contributed by atoms with Crippen LogP contribution in [0.1, 0.15) is 146 Å². The number of benzene rings is 2. The van der Waals surface area contributed by atoms with Crippen molar-refractivity contribution in [2.45, 2.75) is 160 Å². The molecule has 280 valence electrons. The highest BCUT2D eigenvalue weighted by Gasteiger charge is 2.47. The van der Waals surface area contributed by atoms with Gasteiger partial charge >= 0.3 is 11.9 Å². The summed E-state index contributed by atoms with van der Waals surface area (Å²) < 4.78 is 23.1. The summed E-state index contributed by atoms with van der Waals surface area (Å²) in [7, 11) is 0. The molecule has 2 aromatic rings. The van der Waals surface area contributed by atoms with E-state index in [2.05, 4.69) is 13.8 Å². The van der Waals surface area contributed by atoms with Crippen molar-refractivity contribution in [2.75, 3.05) is 13.2 Å². The second-order valence-electron chi connectivity index (χ2n) is 13.6. The van der Waals surface area contributed by atoms with Crippen molar-refractivity contribution in [3.63, 3.8) is 0 Å². The molecule has 0 bridgehead atoms. The second-order valence-corrected chi connectivity index (χ2v) is 14.0. The molecule has 5 atom stereocenters. The Morgan fingerprint density at radius 1 is 0.740 bits per heavy atom. The van der Waals surface area contributed by atoms with Crippen LogP contribution in [0, 0.1) is 0 Å². The number of aliphatic hydroxyl groups is 2. The lowest BCUT2D eigenvalue weighted by Crippen LogP contribution is -2.57. The van der Waals surface area contributed by atoms with E-state index in [1.165, 1.54) is 44.9 Å². The first-order chi connectivity index (χ1) is 24.3. The summed E-state index contributed by atoms with van der Waals surface area (Å²) in [4.78, 5) is 25.6. The van der Waals surface area contributed by atoms with Crippen LogP contribution in [-0.2, 0) is 30.2 Å². The monoisotopic (exact) mass is 716 g/mol. The smallest absolute Gasteiger partial charge is 0.306 e. The molecule has 1 heterocycles. The Hall–Kier alpha value is -2.65. The van der Waals surface area contributed by atoms with E-state index < -0.39 is 36.5 Å². The van der Waals surface area contributed by atoms with Gasteiger partial charge < -0.3 is 29.2 Å². The van der Waals surface area contributed by atoms with Gasteiger partial charge in [-0.2, -0.15) is 0 Å². The van der Waals surface area contributed by atoms with Crippen LogP contribution in [0.2, 0.25) is 5.02 Å². The summed E-state index contributed by atoms with van der Waals surface area (Å²) in [5.41, 5.74) is 2.46. The average Bonchev–Trinajstić information content (AvgIpc) is 3.11. The van der Waals surface area contributed by atoms with Crippen molar-refractivity contribution in [2.24, 2.45) is 0 Å². The van der Waals surface area contributed by atoms with Crippen molar-refractivity contribution < 1.29 is 38.7 Å². The maximum atomic E-state index is 13.0. The normalized spacial score (nSPS) is 20.4. The summed E-state index contributed by atoms with van der Waals surface area (Å²) in [6.07, 6.45) is 10.0. The molecule has 1 saturated heterocycles. The zero-order chi connectivity index (χ0) is 36.1. The van der Waals surface area contributed by atoms with Crippen LogP contribution in [0.4, 0.5) is 0 Å². The number of aliphatic hydroxyl groups excluding tert-OH is 2. The third-order valence-electron chi connectivity index (χ3n) is 9.36. The molecule has 50 heavy (non-hydrogen) atoms. The molecule has 0 saturated carbocycles. The van der Waals surface area contributed by atoms with Crippen LogP contribution < -0.4 is 4.74 Å². The van der Waals surface area contributed by atoms with Crippen molar-refractivity contribution in [3.8, 4) is 5.75 Å². The summed E-state index contributed by atoms with van der Waals surface area (Å²) >= 11 is 6.62. The lowest BCUT2D eigenvalue weighted by Gasteiger charge is -2.42. The van der Waals surface area contributed by atoms with E-state index in [-0.39, 0.29) is 25.4 Å². The molecule has 0 amide bonds. The standard InChI is InChI=1S/C41H61ClO8/c1-4-7-9-11-13-15-17-19-36(43)48-29-35-38(45)41(50-37(44)20-18-16-14-12-10-8-5-2)39(46)40(49-35)31-23-26-34(42)32(28-31)27-30-21-24-33(25-22-30)47-6-3/h21-26,28,35,38-41,45-46H,4-20,27,29H2,1-3H3/t35-,38-,39+,40+,41+/m1/s1. The summed E-state index contributed by atoms with van der Waals surface area (Å²) in [6.45, 7) is 6.67. The largest absolute Gasteiger partial charge is 0.494 e. The van der Waals surface area contributed by atoms with Gasteiger partial charge in [0.25, 0.3) is 0 Å². The number of halogens is 1. The highest BCUT2D eigenvalue weighted by molar-refractivity contribution is 6.31. The van der Waals surface area contributed by atoms with Gasteiger partial charge in [-0.05, 0) is 61.1 Å². The van der Waals surface area contributed by atoms with Crippen LogP contribution >= 0.6 is 11.6 Å². The molecule has 9 heteroatoms. The van der Waals surface area contributed by atoms with Gasteiger partial charge in [0.15, 0.2) is 6.10 Å². The predicted octanol–water partition coefficient (Wildman–Crippen LogP) is 9.23. The number of unbranched alkanes of at least 4 members (excludes halogenated alkanes) is 12. The zero-order valence-electron chi connectivity index (χ0n) is 30.6. The van der Waals surface area contributed by atoms with E-state index in [0.717, 1.165) is 55.4 Å². The minimum absolute atomic E-state index is 0.195. The lowest BCUT2D eigenvalue weighted by molar-refractivity contribution is -0.243. The molecule has 8 nitrogen and oxygen atoms in total. The number of rotatable bonds is 24. The first-order valence-corrected chi connectivity index (χ1v) is 19.5. The average molecular weight is 717 g/mol. The fourth-order valence-corrected chi connectivity index (χ4v) is 6.58. The van der Waals surface area contributed by atoms with Crippen molar-refractivity contribution in [3.05, 3.63) is 64.2 Å². The molecule has 1 aliphatic heterocycles. The summed E-state index contributed by atoms with van der Waals surface area (Å²) in [5, 5.41) is 23.4. The fraction of sp³-hybridized carbons (Fsp3) is 0.659. The molecule has 0 radical (unpaired) electrons. The molecule has 3 rings (SSSR count). The Bertz CT molecular complexity index is 1250. The Morgan fingerprint density at radius 2 is 1.32 bits per heavy atom. The SMILES string of the molecule is CCCCCCCCCC(=O)OC[C@H]1O[C@@H](c2ccc(Cl)c(Cc3ccc(OCC)cc3)c2)[C@H](O)[C@@H](OC(=O)CCCCCCCCC)[C@@H]1O. The number of esters is 2. The van der Waals surface area contributed by atoms with Crippen LogP contribution in [-0.4, -0.2) is 59.8 Å². The number of ether oxygens (including phenoxy) is 4. The Morgan fingerprint density at radius 3 is 1.92 bits per heavy atom. The third kappa shape index (κ3) is 14.5. The van der Waals surface area contributed by atoms with Gasteiger partial charge in [0.05, 0.1) is 6.61 Å². The van der Waals surface area contributed by atoms with E-state index in [9.17, 15) is 19.8 Å². The van der Waals surface area contributed by atoms with Crippen molar-refractivity contribution in [1.29, 1.82) is 0 Å². The third-order valence-corrected chi connectivity index (χ3v) is 9.73. The Kier molecular flexibility index (Phi) is 19.8. The van der Waals surface area contributed by atoms with E-state index in [1.54, 1.807) is 12.1 Å². The van der Waals surface area contributed by atoms with E-state index in [4.69, 9.17) is 30.5 Å². The molecular formula is C41H61ClO8. The van der Waals surface area contributed by atoms with Crippen molar-refractivity contribution >= 4 is 23.5 Å². The van der Waals surface area contributed by atoms with E-state index >= 15 is 0 Å². The highest BCUT2D eigenvalue weighted by Crippen LogP contribution is 2.36. The highest BCUT2D eigenvalue weighted by atomic mass is 35.5. The molecule has 2 N–H and O–H groups in total. The minimum Gasteiger partial charge on any atom is -0.494 e. The molecule has 1 fully saturated rings. The van der Waals surface area contributed by atoms with E-state index in [1.807, 2.05) is 37.3 Å². The fourth-order valence-electron chi connectivity index (χ4n) is 6.40. The van der Waals surface area contributed by atoms with Gasteiger partial charge in [0.2, 0.25) is 0 Å². The summed E-state index contributed by atoms with van der Waals surface area (Å²) in [5.74, 6) is -0.0620. The molecule has 0 aliphatic carbocycles. The number of hydrogen-bond donors (Lipinski definition) is 2. The van der Waals surface area contributed by atoms with Gasteiger partial charge in [0.1, 0.15) is 36.8 Å². The van der Waals surface area contributed by atoms with E-state index in [0.29, 0.717) is 30.0 Å². The van der Waals surface area contributed by atoms with Crippen LogP contribution in [0.15, 0.2) is 42.5 Å². The van der Waals surface area contributed by atoms with Gasteiger partial charge in [-0.15, -0.1) is 0 Å². The Balaban J connectivity index is 1.69. The second kappa shape index (κ2) is 23.8. The first-order valence-electron chi connectivity index (χ1n) is 19.1. The lowest BCUT2D eigenvalue weighted by atomic mass is 9.89. The van der Waals surface area contributed by atoms with Crippen LogP contribution in [0.25, 0.3) is 0 Å².